The number of hydrogen-bond acceptors (Lipinski definition) is 4. The molecule has 0 saturated carbocycles. The molecular weight excluding hydrogens is 412 g/mol. The molecule has 31 heavy (non-hydrogen) atoms. The van der Waals surface area contributed by atoms with E-state index in [2.05, 4.69) is 48.7 Å². The van der Waals surface area contributed by atoms with Crippen molar-refractivity contribution in [3.63, 3.8) is 0 Å². The van der Waals surface area contributed by atoms with Gasteiger partial charge in [-0.05, 0) is 49.1 Å². The standard InChI is InChI=1S/C24H28N2O4S/c1-15-5-7-18(8-6-15)22-19(14-21(28)30-4)17(3)23-24-20(22)13-16(2)25(24)9-10-26(23)31(29)12-11-27/h5-8,13,27H,9-12,14H2,1-4H3. The molecule has 1 N–H and O–H groups in total. The first-order valence-corrected chi connectivity index (χ1v) is 11.7. The molecule has 0 fully saturated rings. The maximum Gasteiger partial charge on any atom is 0.310 e. The molecule has 1 aromatic heterocycles. The zero-order chi connectivity index (χ0) is 22.3. The molecule has 1 aliphatic heterocycles. The number of methoxy groups -OCH3 is 1. The molecule has 0 saturated heterocycles. The molecule has 6 nitrogen and oxygen atoms in total. The molecule has 1 atom stereocenters. The lowest BCUT2D eigenvalue weighted by atomic mass is 9.89. The van der Waals surface area contributed by atoms with Crippen LogP contribution >= 0.6 is 0 Å². The van der Waals surface area contributed by atoms with E-state index >= 15 is 0 Å². The predicted molar refractivity (Wildman–Crippen MR) is 125 cm³/mol. The summed E-state index contributed by atoms with van der Waals surface area (Å²) < 4.78 is 22.1. The van der Waals surface area contributed by atoms with Gasteiger partial charge < -0.3 is 14.4 Å². The number of nitrogens with zero attached hydrogens (tertiary/aromatic N) is 2. The van der Waals surface area contributed by atoms with Crippen molar-refractivity contribution in [2.45, 2.75) is 33.7 Å². The minimum atomic E-state index is -1.34. The molecule has 1 unspecified atom stereocenters. The van der Waals surface area contributed by atoms with E-state index in [9.17, 15) is 14.1 Å². The van der Waals surface area contributed by atoms with Gasteiger partial charge in [0, 0.05) is 24.2 Å². The lowest BCUT2D eigenvalue weighted by molar-refractivity contribution is -0.139. The molecule has 2 heterocycles. The van der Waals surface area contributed by atoms with Crippen LogP contribution in [0.3, 0.4) is 0 Å². The molecule has 0 spiro atoms. The van der Waals surface area contributed by atoms with Crippen molar-refractivity contribution in [1.82, 2.24) is 4.57 Å². The second-order valence-electron chi connectivity index (χ2n) is 8.00. The Labute approximate surface area is 185 Å². The van der Waals surface area contributed by atoms with Crippen LogP contribution in [-0.2, 0) is 33.5 Å². The van der Waals surface area contributed by atoms with E-state index in [4.69, 9.17) is 4.74 Å². The zero-order valence-electron chi connectivity index (χ0n) is 18.4. The Bertz CT molecular complexity index is 1180. The van der Waals surface area contributed by atoms with E-state index in [1.165, 1.54) is 12.7 Å². The van der Waals surface area contributed by atoms with Crippen molar-refractivity contribution in [3.05, 3.63) is 52.7 Å². The Morgan fingerprint density at radius 1 is 1.16 bits per heavy atom. The fourth-order valence-corrected chi connectivity index (χ4v) is 5.66. The number of aromatic nitrogens is 1. The molecule has 164 valence electrons. The fraction of sp³-hybridized carbons (Fsp3) is 0.375. The Kier molecular flexibility index (Phi) is 5.90. The molecule has 0 bridgehead atoms. The van der Waals surface area contributed by atoms with Crippen LogP contribution in [0.4, 0.5) is 5.69 Å². The van der Waals surface area contributed by atoms with Crippen LogP contribution < -0.4 is 4.31 Å². The minimum Gasteiger partial charge on any atom is -0.469 e. The van der Waals surface area contributed by atoms with Crippen molar-refractivity contribution < 1.29 is 18.8 Å². The number of aliphatic hydroxyl groups is 1. The molecular formula is C24H28N2O4S. The van der Waals surface area contributed by atoms with Gasteiger partial charge in [-0.25, -0.2) is 4.21 Å². The Morgan fingerprint density at radius 2 is 1.87 bits per heavy atom. The zero-order valence-corrected chi connectivity index (χ0v) is 19.2. The highest BCUT2D eigenvalue weighted by atomic mass is 32.2. The first kappa shape index (κ1) is 21.6. The Hall–Kier alpha value is -2.64. The van der Waals surface area contributed by atoms with Crippen molar-refractivity contribution in [1.29, 1.82) is 0 Å². The highest BCUT2D eigenvalue weighted by Crippen LogP contribution is 2.45. The van der Waals surface area contributed by atoms with Crippen molar-refractivity contribution in [2.75, 3.05) is 30.3 Å². The minimum absolute atomic E-state index is 0.137. The van der Waals surface area contributed by atoms with Gasteiger partial charge in [-0.3, -0.25) is 9.10 Å². The summed E-state index contributed by atoms with van der Waals surface area (Å²) in [6, 6.07) is 10.5. The van der Waals surface area contributed by atoms with Crippen LogP contribution in [0.25, 0.3) is 22.0 Å². The van der Waals surface area contributed by atoms with Crippen molar-refractivity contribution >= 4 is 33.5 Å². The van der Waals surface area contributed by atoms with Gasteiger partial charge in [0.1, 0.15) is 11.0 Å². The van der Waals surface area contributed by atoms with Crippen molar-refractivity contribution in [3.8, 4) is 11.1 Å². The highest BCUT2D eigenvalue weighted by Gasteiger charge is 2.31. The summed E-state index contributed by atoms with van der Waals surface area (Å²) in [5.74, 6) is -0.120. The number of anilines is 1. The van der Waals surface area contributed by atoms with E-state index < -0.39 is 11.0 Å². The SMILES string of the molecule is COC(=O)Cc1c(C)c2c3c(cc(C)n3CCN2S(=O)CCO)c1-c1ccc(C)cc1. The third kappa shape index (κ3) is 3.66. The quantitative estimate of drug-likeness (QED) is 0.596. The third-order valence-electron chi connectivity index (χ3n) is 6.08. The number of aliphatic hydroxyl groups excluding tert-OH is 1. The number of esters is 1. The number of aryl methyl sites for hydroxylation is 2. The summed E-state index contributed by atoms with van der Waals surface area (Å²) in [5, 5.41) is 10.4. The van der Waals surface area contributed by atoms with Crippen molar-refractivity contribution in [2.24, 2.45) is 0 Å². The average Bonchev–Trinajstić information content (AvgIpc) is 3.09. The summed E-state index contributed by atoms with van der Waals surface area (Å²) in [7, 11) is 0.0534. The second kappa shape index (κ2) is 8.48. The Balaban J connectivity index is 2.08. The molecule has 0 radical (unpaired) electrons. The fourth-order valence-electron chi connectivity index (χ4n) is 4.57. The summed E-state index contributed by atoms with van der Waals surface area (Å²) in [4.78, 5) is 12.4. The van der Waals surface area contributed by atoms with Crippen LogP contribution in [0, 0.1) is 20.8 Å². The molecule has 0 aliphatic carbocycles. The van der Waals surface area contributed by atoms with E-state index in [0.29, 0.717) is 6.54 Å². The van der Waals surface area contributed by atoms with Gasteiger partial charge in [0.15, 0.2) is 0 Å². The number of ether oxygens (including phenoxy) is 1. The largest absolute Gasteiger partial charge is 0.469 e. The second-order valence-corrected chi connectivity index (χ2v) is 9.49. The Morgan fingerprint density at radius 3 is 2.52 bits per heavy atom. The van der Waals surface area contributed by atoms with Gasteiger partial charge in [0.05, 0.1) is 37.1 Å². The molecule has 7 heteroatoms. The van der Waals surface area contributed by atoms with Crippen LogP contribution in [-0.4, -0.2) is 45.9 Å². The number of benzene rings is 2. The molecule has 0 amide bonds. The van der Waals surface area contributed by atoms with E-state index in [0.717, 1.165) is 51.1 Å². The molecule has 1 aliphatic rings. The van der Waals surface area contributed by atoms with E-state index in [1.807, 2.05) is 11.2 Å². The number of carbonyl (C=O) groups excluding carboxylic acids is 1. The maximum atomic E-state index is 13.0. The van der Waals surface area contributed by atoms with Gasteiger partial charge >= 0.3 is 5.97 Å². The van der Waals surface area contributed by atoms with Gasteiger partial charge in [0.2, 0.25) is 0 Å². The third-order valence-corrected chi connectivity index (χ3v) is 7.47. The number of hydrogen-bond donors (Lipinski definition) is 1. The highest BCUT2D eigenvalue weighted by molar-refractivity contribution is 7.86. The maximum absolute atomic E-state index is 13.0. The number of carbonyl (C=O) groups is 1. The summed E-state index contributed by atoms with van der Waals surface area (Å²) >= 11 is 0. The first-order chi connectivity index (χ1) is 14.9. The lowest BCUT2D eigenvalue weighted by Crippen LogP contribution is -2.36. The van der Waals surface area contributed by atoms with E-state index in [1.54, 1.807) is 0 Å². The van der Waals surface area contributed by atoms with Crippen LogP contribution in [0.2, 0.25) is 0 Å². The van der Waals surface area contributed by atoms with Crippen LogP contribution in [0.15, 0.2) is 30.3 Å². The summed E-state index contributed by atoms with van der Waals surface area (Å²) in [5.41, 5.74) is 8.12. The molecule has 3 aromatic rings. The molecule has 4 rings (SSSR count). The first-order valence-electron chi connectivity index (χ1n) is 10.4. The van der Waals surface area contributed by atoms with Gasteiger partial charge in [-0.2, -0.15) is 0 Å². The lowest BCUT2D eigenvalue weighted by Gasteiger charge is -2.33. The summed E-state index contributed by atoms with van der Waals surface area (Å²) in [6.07, 6.45) is 0.138. The van der Waals surface area contributed by atoms with Gasteiger partial charge in [-0.1, -0.05) is 29.8 Å². The van der Waals surface area contributed by atoms with Crippen LogP contribution in [0.5, 0.6) is 0 Å². The molecule has 2 aromatic carbocycles. The van der Waals surface area contributed by atoms with Crippen LogP contribution in [0.1, 0.15) is 22.4 Å². The monoisotopic (exact) mass is 440 g/mol. The normalized spacial score (nSPS) is 14.2. The smallest absolute Gasteiger partial charge is 0.310 e. The topological polar surface area (TPSA) is 71.8 Å². The number of rotatable bonds is 6. The van der Waals surface area contributed by atoms with E-state index in [-0.39, 0.29) is 24.7 Å². The predicted octanol–water partition coefficient (Wildman–Crippen LogP) is 3.43. The summed E-state index contributed by atoms with van der Waals surface area (Å²) in [6.45, 7) is 7.30. The average molecular weight is 441 g/mol. The van der Waals surface area contributed by atoms with Gasteiger partial charge in [-0.15, -0.1) is 0 Å². The van der Waals surface area contributed by atoms with Gasteiger partial charge in [0.25, 0.3) is 0 Å².